The predicted octanol–water partition coefficient (Wildman–Crippen LogP) is 1.59. The van der Waals surface area contributed by atoms with E-state index >= 15 is 0 Å². The third-order valence-electron chi connectivity index (χ3n) is 5.21. The van der Waals surface area contributed by atoms with Gasteiger partial charge in [-0.05, 0) is 31.9 Å². The van der Waals surface area contributed by atoms with E-state index in [1.54, 1.807) is 6.20 Å². The number of carbonyl (C=O) groups is 2. The largest absolute Gasteiger partial charge is 0.332 e. The lowest BCUT2D eigenvalue weighted by Crippen LogP contribution is -2.53. The highest BCUT2D eigenvalue weighted by Crippen LogP contribution is 2.33. The summed E-state index contributed by atoms with van der Waals surface area (Å²) in [5.74, 6) is 0.0388. The molecule has 2 aromatic rings. The number of hydrogen-bond donors (Lipinski definition) is 0. The van der Waals surface area contributed by atoms with E-state index in [1.807, 2.05) is 34.9 Å². The maximum Gasteiger partial charge on any atom is 0.274 e. The number of piperidine rings is 1. The molecule has 7 heteroatoms. The van der Waals surface area contributed by atoms with Gasteiger partial charge in [0, 0.05) is 31.1 Å². The van der Waals surface area contributed by atoms with Crippen LogP contribution >= 0.6 is 0 Å². The number of fused-ring (bicyclic) bond motifs is 1. The maximum absolute atomic E-state index is 12.8. The zero-order valence-corrected chi connectivity index (χ0v) is 14.7. The summed E-state index contributed by atoms with van der Waals surface area (Å²) in [7, 11) is 0. The van der Waals surface area contributed by atoms with E-state index in [0.29, 0.717) is 31.6 Å². The number of hydrogen-bond acceptors (Lipinski definition) is 5. The molecule has 0 aliphatic carbocycles. The number of pyridine rings is 1. The molecule has 134 valence electrons. The lowest BCUT2D eigenvalue weighted by Gasteiger charge is -2.39. The van der Waals surface area contributed by atoms with Crippen molar-refractivity contribution in [2.45, 2.75) is 44.8 Å². The first-order chi connectivity index (χ1) is 12.6. The highest BCUT2D eigenvalue weighted by Gasteiger charge is 2.45. The fraction of sp³-hybridized carbons (Fsp3) is 0.421. The third kappa shape index (κ3) is 3.05. The van der Waals surface area contributed by atoms with E-state index in [2.05, 4.69) is 15.0 Å². The maximum atomic E-state index is 12.8. The monoisotopic (exact) mass is 351 g/mol. The van der Waals surface area contributed by atoms with Crippen molar-refractivity contribution in [3.05, 3.63) is 53.9 Å². The Balaban J connectivity index is 1.54. The third-order valence-corrected chi connectivity index (χ3v) is 5.21. The van der Waals surface area contributed by atoms with E-state index in [4.69, 9.17) is 0 Å². The Hall–Kier alpha value is -2.83. The Kier molecular flexibility index (Phi) is 4.36. The molecular formula is C19H21N5O2. The van der Waals surface area contributed by atoms with Gasteiger partial charge in [0.2, 0.25) is 5.91 Å². The van der Waals surface area contributed by atoms with E-state index in [-0.39, 0.29) is 23.9 Å². The first-order valence-electron chi connectivity index (χ1n) is 8.92. The minimum Gasteiger partial charge on any atom is -0.332 e. The summed E-state index contributed by atoms with van der Waals surface area (Å²) < 4.78 is 0. The van der Waals surface area contributed by atoms with E-state index < -0.39 is 0 Å². The quantitative estimate of drug-likeness (QED) is 0.839. The number of amides is 2. The fourth-order valence-corrected chi connectivity index (χ4v) is 4.03. The predicted molar refractivity (Wildman–Crippen MR) is 94.0 cm³/mol. The van der Waals surface area contributed by atoms with E-state index in [1.165, 1.54) is 12.4 Å². The van der Waals surface area contributed by atoms with Gasteiger partial charge in [-0.1, -0.05) is 6.07 Å². The van der Waals surface area contributed by atoms with E-state index in [0.717, 1.165) is 17.8 Å². The molecule has 0 spiro atoms. The molecular weight excluding hydrogens is 330 g/mol. The van der Waals surface area contributed by atoms with Gasteiger partial charge in [0.1, 0.15) is 5.69 Å². The Labute approximate surface area is 152 Å². The molecule has 2 aliphatic rings. The van der Waals surface area contributed by atoms with Gasteiger partial charge in [0.15, 0.2) is 0 Å². The second-order valence-electron chi connectivity index (χ2n) is 6.84. The van der Waals surface area contributed by atoms with Gasteiger partial charge < -0.3 is 9.80 Å². The molecule has 2 saturated heterocycles. The van der Waals surface area contributed by atoms with Gasteiger partial charge in [0.05, 0.1) is 30.5 Å². The highest BCUT2D eigenvalue weighted by atomic mass is 16.2. The Morgan fingerprint density at radius 1 is 1.23 bits per heavy atom. The molecule has 2 amide bonds. The zero-order valence-electron chi connectivity index (χ0n) is 14.7. The van der Waals surface area contributed by atoms with Crippen molar-refractivity contribution in [1.29, 1.82) is 0 Å². The lowest BCUT2D eigenvalue weighted by atomic mass is 9.96. The molecule has 2 atom stereocenters. The second-order valence-corrected chi connectivity index (χ2v) is 6.84. The molecule has 0 saturated carbocycles. The van der Waals surface area contributed by atoms with Gasteiger partial charge in [-0.25, -0.2) is 4.98 Å². The average molecular weight is 351 g/mol. The van der Waals surface area contributed by atoms with Crippen LogP contribution in [0.15, 0.2) is 36.8 Å². The van der Waals surface area contributed by atoms with Crippen molar-refractivity contribution in [3.8, 4) is 0 Å². The van der Waals surface area contributed by atoms with Crippen LogP contribution in [-0.2, 0) is 11.3 Å². The number of carbonyl (C=O) groups excluding carboxylic acids is 2. The normalized spacial score (nSPS) is 22.4. The molecule has 0 aromatic carbocycles. The van der Waals surface area contributed by atoms with Crippen LogP contribution in [0.5, 0.6) is 0 Å². The van der Waals surface area contributed by atoms with Crippen molar-refractivity contribution in [2.24, 2.45) is 0 Å². The minimum atomic E-state index is -0.103. The zero-order chi connectivity index (χ0) is 18.1. The van der Waals surface area contributed by atoms with Crippen molar-refractivity contribution in [1.82, 2.24) is 24.8 Å². The first kappa shape index (κ1) is 16.6. The topological polar surface area (TPSA) is 79.3 Å². The molecule has 0 unspecified atom stereocenters. The first-order valence-corrected chi connectivity index (χ1v) is 8.92. The van der Waals surface area contributed by atoms with Crippen molar-refractivity contribution >= 4 is 11.8 Å². The van der Waals surface area contributed by atoms with Gasteiger partial charge in [-0.15, -0.1) is 0 Å². The molecule has 0 bridgehead atoms. The Morgan fingerprint density at radius 3 is 2.88 bits per heavy atom. The molecule has 4 heterocycles. The smallest absolute Gasteiger partial charge is 0.274 e. The number of aryl methyl sites for hydroxylation is 1. The summed E-state index contributed by atoms with van der Waals surface area (Å²) in [6.07, 6.45) is 6.52. The lowest BCUT2D eigenvalue weighted by molar-refractivity contribution is -0.138. The number of aromatic nitrogens is 3. The van der Waals surface area contributed by atoms with Crippen LogP contribution in [0.25, 0.3) is 0 Å². The molecule has 2 fully saturated rings. The molecule has 4 rings (SSSR count). The summed E-state index contributed by atoms with van der Waals surface area (Å²) in [4.78, 5) is 41.7. The summed E-state index contributed by atoms with van der Waals surface area (Å²) in [5, 5.41) is 0. The standard InChI is InChI=1S/C19H21N5O2/c1-13-3-2-4-14(22-13)12-24-17-7-10-23(16(17)5-6-18(24)25)19(26)15-11-20-8-9-21-15/h2-4,8-9,11,16-17H,5-7,10,12H2,1H3/t16-,17-/m1/s1. The number of likely N-dealkylation sites (tertiary alicyclic amines) is 2. The molecule has 7 nitrogen and oxygen atoms in total. The van der Waals surface area contributed by atoms with Crippen LogP contribution in [0, 0.1) is 6.92 Å². The summed E-state index contributed by atoms with van der Waals surface area (Å²) >= 11 is 0. The Bertz CT molecular complexity index is 826. The summed E-state index contributed by atoms with van der Waals surface area (Å²) in [5.41, 5.74) is 2.18. The fourth-order valence-electron chi connectivity index (χ4n) is 4.03. The van der Waals surface area contributed by atoms with Crippen LogP contribution in [-0.4, -0.2) is 55.2 Å². The summed E-state index contributed by atoms with van der Waals surface area (Å²) in [6.45, 7) is 3.08. The number of nitrogens with zero attached hydrogens (tertiary/aromatic N) is 5. The minimum absolute atomic E-state index is 0.0343. The molecule has 2 aromatic heterocycles. The summed E-state index contributed by atoms with van der Waals surface area (Å²) in [6, 6.07) is 5.93. The molecule has 2 aliphatic heterocycles. The van der Waals surface area contributed by atoms with Crippen molar-refractivity contribution < 1.29 is 9.59 Å². The van der Waals surface area contributed by atoms with E-state index in [9.17, 15) is 9.59 Å². The van der Waals surface area contributed by atoms with Crippen LogP contribution in [0.3, 0.4) is 0 Å². The highest BCUT2D eigenvalue weighted by molar-refractivity contribution is 5.92. The van der Waals surface area contributed by atoms with Crippen molar-refractivity contribution in [2.75, 3.05) is 6.54 Å². The average Bonchev–Trinajstić information content (AvgIpc) is 3.08. The van der Waals surface area contributed by atoms with Crippen LogP contribution in [0.4, 0.5) is 0 Å². The van der Waals surface area contributed by atoms with Crippen LogP contribution < -0.4 is 0 Å². The molecule has 0 radical (unpaired) electrons. The number of rotatable bonds is 3. The molecule has 26 heavy (non-hydrogen) atoms. The SMILES string of the molecule is Cc1cccc(CN2C(=O)CC[C@@H]3[C@H]2CCN3C(=O)c2cnccn2)n1. The van der Waals surface area contributed by atoms with Crippen LogP contribution in [0.1, 0.15) is 41.1 Å². The molecule has 0 N–H and O–H groups in total. The Morgan fingerprint density at radius 2 is 2.12 bits per heavy atom. The van der Waals surface area contributed by atoms with Crippen LogP contribution in [0.2, 0.25) is 0 Å². The van der Waals surface area contributed by atoms with Gasteiger partial charge in [-0.2, -0.15) is 0 Å². The second kappa shape index (κ2) is 6.82. The van der Waals surface area contributed by atoms with Gasteiger partial charge >= 0.3 is 0 Å². The van der Waals surface area contributed by atoms with Crippen molar-refractivity contribution in [3.63, 3.8) is 0 Å². The van der Waals surface area contributed by atoms with Gasteiger partial charge in [-0.3, -0.25) is 19.6 Å². The van der Waals surface area contributed by atoms with Gasteiger partial charge in [0.25, 0.3) is 5.91 Å².